The van der Waals surface area contributed by atoms with Crippen LogP contribution in [0.2, 0.25) is 10.0 Å². The number of benzene rings is 1. The Labute approximate surface area is 140 Å². The highest BCUT2D eigenvalue weighted by Gasteiger charge is 2.30. The molecular formula is C16H20Cl2N2S. The quantitative estimate of drug-likeness (QED) is 0.626. The molecule has 1 N–H and O–H groups in total. The number of nitrogens with one attached hydrogen (secondary N) is 1. The van der Waals surface area contributed by atoms with Gasteiger partial charge in [0, 0.05) is 6.04 Å². The van der Waals surface area contributed by atoms with Crippen molar-refractivity contribution in [3.8, 4) is 0 Å². The number of rotatable bonds is 2. The lowest BCUT2D eigenvalue weighted by atomic mass is 9.77. The zero-order chi connectivity index (χ0) is 15.1. The van der Waals surface area contributed by atoms with E-state index >= 15 is 0 Å². The fourth-order valence-electron chi connectivity index (χ4n) is 3.69. The van der Waals surface area contributed by atoms with Crippen molar-refractivity contribution in [3.05, 3.63) is 26.9 Å². The molecule has 1 saturated carbocycles. The summed E-state index contributed by atoms with van der Waals surface area (Å²) in [4.78, 5) is 3.29. The summed E-state index contributed by atoms with van der Waals surface area (Å²) in [5.74, 6) is 1.32. The molecule has 1 aliphatic rings. The number of halogens is 2. The van der Waals surface area contributed by atoms with E-state index in [9.17, 15) is 0 Å². The maximum atomic E-state index is 6.21. The van der Waals surface area contributed by atoms with Gasteiger partial charge in [0.25, 0.3) is 0 Å². The summed E-state index contributed by atoms with van der Waals surface area (Å²) in [5, 5.41) is 1.15. The zero-order valence-corrected chi connectivity index (χ0v) is 14.7. The summed E-state index contributed by atoms with van der Waals surface area (Å²) in [6, 6.07) is 4.27. The fraction of sp³-hybridized carbons (Fsp3) is 0.562. The minimum atomic E-state index is 0.456. The van der Waals surface area contributed by atoms with Crippen molar-refractivity contribution in [3.63, 3.8) is 0 Å². The lowest BCUT2D eigenvalue weighted by molar-refractivity contribution is 0.186. The third kappa shape index (κ3) is 2.76. The average Bonchev–Trinajstić information content (AvgIpc) is 2.74. The van der Waals surface area contributed by atoms with Crippen LogP contribution in [0.4, 0.5) is 0 Å². The van der Waals surface area contributed by atoms with Crippen LogP contribution >= 0.6 is 35.4 Å². The van der Waals surface area contributed by atoms with E-state index in [1.54, 1.807) is 0 Å². The Balaban J connectivity index is 2.16. The Kier molecular flexibility index (Phi) is 4.35. The number of fused-ring (bicyclic) bond motifs is 1. The summed E-state index contributed by atoms with van der Waals surface area (Å²) in [5.41, 5.74) is 2.05. The second-order valence-electron chi connectivity index (χ2n) is 6.34. The molecule has 5 heteroatoms. The molecular weight excluding hydrogens is 323 g/mol. The van der Waals surface area contributed by atoms with Crippen molar-refractivity contribution in [2.75, 3.05) is 0 Å². The number of aromatic nitrogens is 2. The predicted molar refractivity (Wildman–Crippen MR) is 93.0 cm³/mol. The standard InChI is InChI=1S/C16H20Cl2N2S/c1-9(2)10-5-3-4-6-14(10)20-15-8-12(18)11(17)7-13(15)19-16(20)21/h7-10,14H,3-6H2,1-2H3,(H,19,21). The van der Waals surface area contributed by atoms with Gasteiger partial charge in [0.15, 0.2) is 4.77 Å². The molecule has 2 unspecified atom stereocenters. The first-order valence-corrected chi connectivity index (χ1v) is 8.74. The Morgan fingerprint density at radius 3 is 2.57 bits per heavy atom. The first kappa shape index (κ1) is 15.4. The zero-order valence-electron chi connectivity index (χ0n) is 12.3. The van der Waals surface area contributed by atoms with Gasteiger partial charge in [-0.2, -0.15) is 0 Å². The van der Waals surface area contributed by atoms with E-state index in [-0.39, 0.29) is 0 Å². The first-order valence-electron chi connectivity index (χ1n) is 7.58. The third-order valence-electron chi connectivity index (χ3n) is 4.73. The third-order valence-corrected chi connectivity index (χ3v) is 5.75. The van der Waals surface area contributed by atoms with E-state index in [1.807, 2.05) is 12.1 Å². The molecule has 2 aromatic rings. The van der Waals surface area contributed by atoms with Gasteiger partial charge in [-0.1, -0.05) is 49.9 Å². The monoisotopic (exact) mass is 342 g/mol. The van der Waals surface area contributed by atoms with Crippen LogP contribution in [-0.2, 0) is 0 Å². The number of hydrogen-bond acceptors (Lipinski definition) is 1. The molecule has 1 fully saturated rings. The van der Waals surface area contributed by atoms with Crippen molar-refractivity contribution in [1.82, 2.24) is 9.55 Å². The van der Waals surface area contributed by atoms with Crippen LogP contribution in [0.1, 0.15) is 45.6 Å². The average molecular weight is 343 g/mol. The van der Waals surface area contributed by atoms with Gasteiger partial charge in [0.05, 0.1) is 21.1 Å². The lowest BCUT2D eigenvalue weighted by Gasteiger charge is -2.35. The molecule has 0 aliphatic heterocycles. The maximum Gasteiger partial charge on any atom is 0.178 e. The molecule has 114 valence electrons. The molecule has 2 atom stereocenters. The normalized spacial score (nSPS) is 23.1. The molecule has 21 heavy (non-hydrogen) atoms. The molecule has 1 heterocycles. The van der Waals surface area contributed by atoms with E-state index in [0.717, 1.165) is 15.8 Å². The second kappa shape index (κ2) is 5.94. The van der Waals surface area contributed by atoms with Gasteiger partial charge in [-0.15, -0.1) is 0 Å². The SMILES string of the molecule is CC(C)C1CCCCC1n1c(=S)[nH]c2cc(Cl)c(Cl)cc21. The number of hydrogen-bond donors (Lipinski definition) is 1. The minimum absolute atomic E-state index is 0.456. The van der Waals surface area contributed by atoms with Gasteiger partial charge in [0.2, 0.25) is 0 Å². The van der Waals surface area contributed by atoms with Crippen LogP contribution < -0.4 is 0 Å². The van der Waals surface area contributed by atoms with E-state index < -0.39 is 0 Å². The van der Waals surface area contributed by atoms with E-state index in [1.165, 1.54) is 25.7 Å². The number of imidazole rings is 1. The summed E-state index contributed by atoms with van der Waals surface area (Å²) >= 11 is 17.9. The topological polar surface area (TPSA) is 20.7 Å². The molecule has 0 saturated heterocycles. The molecule has 1 aliphatic carbocycles. The van der Waals surface area contributed by atoms with Crippen molar-refractivity contribution < 1.29 is 0 Å². The van der Waals surface area contributed by atoms with Crippen molar-refractivity contribution >= 4 is 46.5 Å². The van der Waals surface area contributed by atoms with Gasteiger partial charge in [-0.3, -0.25) is 0 Å². The highest BCUT2D eigenvalue weighted by molar-refractivity contribution is 7.71. The Hall–Kier alpha value is -0.510. The van der Waals surface area contributed by atoms with Gasteiger partial charge in [0.1, 0.15) is 0 Å². The van der Waals surface area contributed by atoms with E-state index in [2.05, 4.69) is 23.4 Å². The number of nitrogens with zero attached hydrogens (tertiary/aromatic N) is 1. The Morgan fingerprint density at radius 2 is 1.86 bits per heavy atom. The molecule has 0 bridgehead atoms. The molecule has 1 aromatic carbocycles. The van der Waals surface area contributed by atoms with Crippen molar-refractivity contribution in [2.45, 2.75) is 45.6 Å². The predicted octanol–water partition coefficient (Wildman–Crippen LogP) is 6.39. The first-order chi connectivity index (χ1) is 9.99. The van der Waals surface area contributed by atoms with Crippen LogP contribution in [0.5, 0.6) is 0 Å². The Morgan fingerprint density at radius 1 is 1.19 bits per heavy atom. The molecule has 0 amide bonds. The second-order valence-corrected chi connectivity index (χ2v) is 7.54. The largest absolute Gasteiger partial charge is 0.331 e. The summed E-state index contributed by atoms with van der Waals surface area (Å²) in [6.07, 6.45) is 5.05. The molecule has 0 spiro atoms. The van der Waals surface area contributed by atoms with Gasteiger partial charge < -0.3 is 9.55 Å². The van der Waals surface area contributed by atoms with E-state index in [4.69, 9.17) is 35.4 Å². The number of H-pyrrole nitrogens is 1. The highest BCUT2D eigenvalue weighted by atomic mass is 35.5. The lowest BCUT2D eigenvalue weighted by Crippen LogP contribution is -2.27. The van der Waals surface area contributed by atoms with Crippen molar-refractivity contribution in [1.29, 1.82) is 0 Å². The highest BCUT2D eigenvalue weighted by Crippen LogP contribution is 2.41. The fourth-order valence-corrected chi connectivity index (χ4v) is 4.35. The molecule has 3 rings (SSSR count). The van der Waals surface area contributed by atoms with E-state index in [0.29, 0.717) is 27.9 Å². The smallest absolute Gasteiger partial charge is 0.178 e. The van der Waals surface area contributed by atoms with Crippen LogP contribution in [0, 0.1) is 16.6 Å². The molecule has 2 nitrogen and oxygen atoms in total. The van der Waals surface area contributed by atoms with Crippen molar-refractivity contribution in [2.24, 2.45) is 11.8 Å². The van der Waals surface area contributed by atoms with Crippen LogP contribution in [0.15, 0.2) is 12.1 Å². The van der Waals surface area contributed by atoms with Gasteiger partial charge in [-0.25, -0.2) is 0 Å². The maximum absolute atomic E-state index is 6.21. The molecule has 1 aromatic heterocycles. The van der Waals surface area contributed by atoms with Crippen LogP contribution in [0.3, 0.4) is 0 Å². The van der Waals surface area contributed by atoms with Crippen LogP contribution in [-0.4, -0.2) is 9.55 Å². The summed E-state index contributed by atoms with van der Waals surface area (Å²) in [7, 11) is 0. The van der Waals surface area contributed by atoms with Gasteiger partial charge in [-0.05, 0) is 49.0 Å². The Bertz CT molecular complexity index is 717. The van der Waals surface area contributed by atoms with Crippen LogP contribution in [0.25, 0.3) is 11.0 Å². The number of aromatic amines is 1. The minimum Gasteiger partial charge on any atom is -0.331 e. The van der Waals surface area contributed by atoms with Gasteiger partial charge >= 0.3 is 0 Å². The summed E-state index contributed by atoms with van der Waals surface area (Å²) < 4.78 is 3.05. The molecule has 0 radical (unpaired) electrons. The summed E-state index contributed by atoms with van der Waals surface area (Å²) in [6.45, 7) is 4.62.